The summed E-state index contributed by atoms with van der Waals surface area (Å²) < 4.78 is 20.2. The number of hydrogen-bond donors (Lipinski definition) is 0. The molecule has 23 heavy (non-hydrogen) atoms. The van der Waals surface area contributed by atoms with Gasteiger partial charge in [0, 0.05) is 29.1 Å². The number of amides is 1. The SMILES string of the molecule is CC(C)(C)OC(=O)N1CCc2cnc3c(F)cc(Br)cc3c2C1. The number of halogens is 2. The van der Waals surface area contributed by atoms with Crippen LogP contribution in [0.1, 0.15) is 31.9 Å². The van der Waals surface area contributed by atoms with E-state index in [2.05, 4.69) is 20.9 Å². The maximum absolute atomic E-state index is 14.1. The third kappa shape index (κ3) is 3.32. The lowest BCUT2D eigenvalue weighted by Crippen LogP contribution is -2.40. The van der Waals surface area contributed by atoms with Crippen LogP contribution in [0.4, 0.5) is 9.18 Å². The molecule has 0 unspecified atom stereocenters. The van der Waals surface area contributed by atoms with Gasteiger partial charge in [-0.2, -0.15) is 0 Å². The van der Waals surface area contributed by atoms with Gasteiger partial charge in [-0.05, 0) is 50.5 Å². The maximum Gasteiger partial charge on any atom is 0.410 e. The highest BCUT2D eigenvalue weighted by Crippen LogP contribution is 2.30. The van der Waals surface area contributed by atoms with Gasteiger partial charge in [0.1, 0.15) is 11.1 Å². The van der Waals surface area contributed by atoms with Crippen LogP contribution < -0.4 is 0 Å². The van der Waals surface area contributed by atoms with Crippen LogP contribution in [-0.2, 0) is 17.7 Å². The van der Waals surface area contributed by atoms with Crippen LogP contribution in [-0.4, -0.2) is 28.1 Å². The topological polar surface area (TPSA) is 42.4 Å². The number of hydrogen-bond acceptors (Lipinski definition) is 3. The summed E-state index contributed by atoms with van der Waals surface area (Å²) in [5.74, 6) is -0.369. The molecule has 1 aliphatic rings. The molecule has 1 aliphatic heterocycles. The van der Waals surface area contributed by atoms with Gasteiger partial charge in [0.05, 0.1) is 0 Å². The molecule has 0 spiro atoms. The molecular formula is C17H18BrFN2O2. The summed E-state index contributed by atoms with van der Waals surface area (Å²) in [5, 5.41) is 0.739. The average Bonchev–Trinajstić information content (AvgIpc) is 2.44. The molecule has 6 heteroatoms. The van der Waals surface area contributed by atoms with Crippen LogP contribution in [0.5, 0.6) is 0 Å². The van der Waals surface area contributed by atoms with E-state index in [1.54, 1.807) is 11.1 Å². The van der Waals surface area contributed by atoms with Crippen molar-refractivity contribution in [1.29, 1.82) is 0 Å². The molecule has 0 saturated heterocycles. The Labute approximate surface area is 142 Å². The summed E-state index contributed by atoms with van der Waals surface area (Å²) in [6.45, 7) is 6.50. The van der Waals surface area contributed by atoms with Gasteiger partial charge >= 0.3 is 6.09 Å². The second-order valence-electron chi connectivity index (χ2n) is 6.70. The predicted octanol–water partition coefficient (Wildman–Crippen LogP) is 4.43. The molecule has 0 aliphatic carbocycles. The Morgan fingerprint density at radius 3 is 2.83 bits per heavy atom. The first kappa shape index (κ1) is 16.2. The van der Waals surface area contributed by atoms with Crippen LogP contribution in [0.25, 0.3) is 10.9 Å². The van der Waals surface area contributed by atoms with Crippen molar-refractivity contribution in [3.05, 3.63) is 39.7 Å². The fourth-order valence-corrected chi connectivity index (χ4v) is 3.16. The molecule has 1 aromatic carbocycles. The van der Waals surface area contributed by atoms with Crippen LogP contribution in [0, 0.1) is 5.82 Å². The molecule has 0 saturated carbocycles. The van der Waals surface area contributed by atoms with Crippen molar-refractivity contribution in [3.8, 4) is 0 Å². The average molecular weight is 381 g/mol. The Bertz CT molecular complexity index is 786. The molecule has 1 aromatic heterocycles. The monoisotopic (exact) mass is 380 g/mol. The van der Waals surface area contributed by atoms with Gasteiger partial charge in [-0.1, -0.05) is 15.9 Å². The minimum absolute atomic E-state index is 0.331. The summed E-state index contributed by atoms with van der Waals surface area (Å²) in [5.41, 5.74) is 1.78. The number of ether oxygens (including phenoxy) is 1. The van der Waals surface area contributed by atoms with E-state index < -0.39 is 5.60 Å². The fraction of sp³-hybridized carbons (Fsp3) is 0.412. The first-order valence-corrected chi connectivity index (χ1v) is 8.27. The van der Waals surface area contributed by atoms with E-state index in [1.807, 2.05) is 26.8 Å². The Morgan fingerprint density at radius 2 is 2.13 bits per heavy atom. The number of nitrogens with zero attached hydrogens (tertiary/aromatic N) is 2. The van der Waals surface area contributed by atoms with Crippen LogP contribution >= 0.6 is 15.9 Å². The molecule has 0 fully saturated rings. The van der Waals surface area contributed by atoms with Gasteiger partial charge < -0.3 is 9.64 Å². The van der Waals surface area contributed by atoms with Gasteiger partial charge in [0.15, 0.2) is 5.82 Å². The molecule has 0 atom stereocenters. The smallest absolute Gasteiger partial charge is 0.410 e. The molecule has 0 radical (unpaired) electrons. The molecule has 4 nitrogen and oxygen atoms in total. The molecule has 0 bridgehead atoms. The fourth-order valence-electron chi connectivity index (χ4n) is 2.73. The lowest BCUT2D eigenvalue weighted by Gasteiger charge is -2.31. The number of aromatic nitrogens is 1. The number of fused-ring (bicyclic) bond motifs is 3. The van der Waals surface area contributed by atoms with E-state index in [-0.39, 0.29) is 11.9 Å². The van der Waals surface area contributed by atoms with Gasteiger partial charge in [0.25, 0.3) is 0 Å². The molecule has 2 aromatic rings. The molecule has 2 heterocycles. The number of rotatable bonds is 0. The third-order valence-electron chi connectivity index (χ3n) is 3.74. The van der Waals surface area contributed by atoms with Crippen molar-refractivity contribution >= 4 is 32.9 Å². The standard InChI is InChI=1S/C17H18BrFN2O2/c1-17(2,3)23-16(22)21-5-4-10-8-20-15-12(13(10)9-21)6-11(18)7-14(15)19/h6-8H,4-5,9H2,1-3H3. The van der Waals surface area contributed by atoms with Crippen molar-refractivity contribution < 1.29 is 13.9 Å². The zero-order chi connectivity index (χ0) is 16.8. The second-order valence-corrected chi connectivity index (χ2v) is 7.61. The second kappa shape index (κ2) is 5.74. The molecular weight excluding hydrogens is 363 g/mol. The summed E-state index contributed by atoms with van der Waals surface area (Å²) in [7, 11) is 0. The number of pyridine rings is 1. The van der Waals surface area contributed by atoms with Gasteiger partial charge in [-0.25, -0.2) is 9.18 Å². The van der Waals surface area contributed by atoms with E-state index in [9.17, 15) is 9.18 Å². The summed E-state index contributed by atoms with van der Waals surface area (Å²) in [4.78, 5) is 18.2. The van der Waals surface area contributed by atoms with Crippen LogP contribution in [0.2, 0.25) is 0 Å². The molecule has 0 N–H and O–H groups in total. The third-order valence-corrected chi connectivity index (χ3v) is 4.20. The highest BCUT2D eigenvalue weighted by molar-refractivity contribution is 9.10. The summed E-state index contributed by atoms with van der Waals surface area (Å²) in [6.07, 6.45) is 2.05. The zero-order valence-electron chi connectivity index (χ0n) is 13.3. The summed E-state index contributed by atoms with van der Waals surface area (Å²) >= 11 is 3.32. The van der Waals surface area contributed by atoms with Crippen molar-refractivity contribution in [2.75, 3.05) is 6.54 Å². The lowest BCUT2D eigenvalue weighted by molar-refractivity contribution is 0.0225. The van der Waals surface area contributed by atoms with Gasteiger partial charge in [-0.3, -0.25) is 4.98 Å². The Kier molecular flexibility index (Phi) is 4.04. The van der Waals surface area contributed by atoms with Crippen LogP contribution in [0.15, 0.2) is 22.8 Å². The highest BCUT2D eigenvalue weighted by Gasteiger charge is 2.27. The normalized spacial score (nSPS) is 14.7. The highest BCUT2D eigenvalue weighted by atomic mass is 79.9. The van der Waals surface area contributed by atoms with Crippen molar-refractivity contribution in [3.63, 3.8) is 0 Å². The first-order valence-electron chi connectivity index (χ1n) is 7.48. The van der Waals surface area contributed by atoms with E-state index in [0.29, 0.717) is 29.5 Å². The molecule has 122 valence electrons. The lowest BCUT2D eigenvalue weighted by atomic mass is 9.97. The Morgan fingerprint density at radius 1 is 1.39 bits per heavy atom. The van der Waals surface area contributed by atoms with Crippen LogP contribution in [0.3, 0.4) is 0 Å². The van der Waals surface area contributed by atoms with Gasteiger partial charge in [0.2, 0.25) is 0 Å². The van der Waals surface area contributed by atoms with Crippen molar-refractivity contribution in [2.24, 2.45) is 0 Å². The largest absolute Gasteiger partial charge is 0.444 e. The minimum atomic E-state index is -0.535. The van der Waals surface area contributed by atoms with E-state index >= 15 is 0 Å². The number of carbonyl (C=O) groups excluding carboxylic acids is 1. The molecule has 1 amide bonds. The first-order chi connectivity index (χ1) is 10.7. The van der Waals surface area contributed by atoms with E-state index in [4.69, 9.17) is 4.74 Å². The minimum Gasteiger partial charge on any atom is -0.444 e. The van der Waals surface area contributed by atoms with Crippen molar-refractivity contribution in [2.45, 2.75) is 39.3 Å². The number of benzene rings is 1. The summed E-state index contributed by atoms with van der Waals surface area (Å²) in [6, 6.07) is 3.25. The molecule has 3 rings (SSSR count). The van der Waals surface area contributed by atoms with E-state index in [1.165, 1.54) is 6.07 Å². The quantitative estimate of drug-likeness (QED) is 0.678. The van der Waals surface area contributed by atoms with Gasteiger partial charge in [-0.15, -0.1) is 0 Å². The van der Waals surface area contributed by atoms with E-state index in [0.717, 1.165) is 16.5 Å². The zero-order valence-corrected chi connectivity index (χ0v) is 14.9. The Hall–Kier alpha value is -1.69. The number of carbonyl (C=O) groups is 1. The maximum atomic E-state index is 14.1. The predicted molar refractivity (Wildman–Crippen MR) is 89.7 cm³/mol. The van der Waals surface area contributed by atoms with Crippen molar-refractivity contribution in [1.82, 2.24) is 9.88 Å². The Balaban J connectivity index is 1.99.